The molecule has 1 aromatic heterocycles. The fraction of sp³-hybridized carbons (Fsp3) is 0.421. The Morgan fingerprint density at radius 2 is 1.92 bits per heavy atom. The van der Waals surface area contributed by atoms with Gasteiger partial charge < -0.3 is 10.2 Å². The molecule has 0 saturated heterocycles. The summed E-state index contributed by atoms with van der Waals surface area (Å²) in [4.78, 5) is 26.9. The molecule has 1 aromatic carbocycles. The molecule has 3 atom stereocenters. The standard InChI is InChI=1S/C19H22N4O2/c1-12(19(25)23-10-13-5-3-4-6-14(13)11-23)21-18(24)17-7-16(17)15-8-20-22(2)9-15/h3-6,8-9,12,16-17H,7,10-11H2,1-2H3,(H,21,24)/t12-,16-,17+/m0/s1. The van der Waals surface area contributed by atoms with Gasteiger partial charge in [-0.15, -0.1) is 0 Å². The third-order valence-electron chi connectivity index (χ3n) is 5.16. The molecular formula is C19H22N4O2. The highest BCUT2D eigenvalue weighted by atomic mass is 16.2. The molecule has 2 heterocycles. The van der Waals surface area contributed by atoms with Crippen LogP contribution in [-0.2, 0) is 29.7 Å². The number of carbonyl (C=O) groups is 2. The number of aromatic nitrogens is 2. The monoisotopic (exact) mass is 338 g/mol. The molecule has 6 heteroatoms. The smallest absolute Gasteiger partial charge is 0.245 e. The first-order valence-corrected chi connectivity index (χ1v) is 8.67. The Kier molecular flexibility index (Phi) is 3.82. The maximum Gasteiger partial charge on any atom is 0.245 e. The molecular weight excluding hydrogens is 316 g/mol. The zero-order valence-corrected chi connectivity index (χ0v) is 14.5. The molecule has 25 heavy (non-hydrogen) atoms. The van der Waals surface area contributed by atoms with Crippen LogP contribution in [0.25, 0.3) is 0 Å². The van der Waals surface area contributed by atoms with Crippen LogP contribution in [0.1, 0.15) is 36.0 Å². The van der Waals surface area contributed by atoms with Crippen LogP contribution in [0.15, 0.2) is 36.7 Å². The summed E-state index contributed by atoms with van der Waals surface area (Å²) in [5.74, 6) is 0.122. The predicted molar refractivity (Wildman–Crippen MR) is 92.4 cm³/mol. The van der Waals surface area contributed by atoms with Gasteiger partial charge in [0.2, 0.25) is 11.8 Å². The van der Waals surface area contributed by atoms with E-state index in [1.165, 1.54) is 11.1 Å². The zero-order chi connectivity index (χ0) is 17.6. The van der Waals surface area contributed by atoms with E-state index in [0.717, 1.165) is 12.0 Å². The van der Waals surface area contributed by atoms with Crippen LogP contribution >= 0.6 is 0 Å². The average Bonchev–Trinajstić information content (AvgIpc) is 3.09. The van der Waals surface area contributed by atoms with Crippen molar-refractivity contribution in [2.75, 3.05) is 0 Å². The molecule has 130 valence electrons. The molecule has 2 aliphatic rings. The van der Waals surface area contributed by atoms with E-state index >= 15 is 0 Å². The van der Waals surface area contributed by atoms with Gasteiger partial charge in [-0.1, -0.05) is 24.3 Å². The van der Waals surface area contributed by atoms with E-state index in [-0.39, 0.29) is 23.7 Å². The van der Waals surface area contributed by atoms with Gasteiger partial charge in [0.1, 0.15) is 6.04 Å². The second-order valence-electron chi connectivity index (χ2n) is 7.09. The van der Waals surface area contributed by atoms with Crippen LogP contribution in [0.5, 0.6) is 0 Å². The van der Waals surface area contributed by atoms with Gasteiger partial charge in [-0.05, 0) is 36.0 Å². The number of aryl methyl sites for hydroxylation is 1. The van der Waals surface area contributed by atoms with Crippen LogP contribution in [-0.4, -0.2) is 32.5 Å². The van der Waals surface area contributed by atoms with E-state index < -0.39 is 6.04 Å². The number of hydrogen-bond donors (Lipinski definition) is 1. The fourth-order valence-electron chi connectivity index (χ4n) is 3.63. The van der Waals surface area contributed by atoms with Crippen molar-refractivity contribution in [3.8, 4) is 0 Å². The lowest BCUT2D eigenvalue weighted by molar-refractivity contribution is -0.136. The first-order valence-electron chi connectivity index (χ1n) is 8.67. The van der Waals surface area contributed by atoms with Crippen LogP contribution in [0.2, 0.25) is 0 Å². The molecule has 0 spiro atoms. The Bertz CT molecular complexity index is 803. The van der Waals surface area contributed by atoms with Crippen LogP contribution in [0.4, 0.5) is 0 Å². The van der Waals surface area contributed by atoms with E-state index in [4.69, 9.17) is 0 Å². The van der Waals surface area contributed by atoms with Gasteiger partial charge in [0.05, 0.1) is 6.20 Å². The Balaban J connectivity index is 1.33. The number of rotatable bonds is 4. The zero-order valence-electron chi connectivity index (χ0n) is 14.5. The summed E-state index contributed by atoms with van der Waals surface area (Å²) in [7, 11) is 1.87. The number of nitrogens with one attached hydrogen (secondary N) is 1. The number of fused-ring (bicyclic) bond motifs is 1. The lowest BCUT2D eigenvalue weighted by atomic mass is 10.1. The molecule has 0 bridgehead atoms. The van der Waals surface area contributed by atoms with Gasteiger partial charge in [0, 0.05) is 32.3 Å². The van der Waals surface area contributed by atoms with Crippen LogP contribution in [0, 0.1) is 5.92 Å². The Labute approximate surface area is 146 Å². The second-order valence-corrected chi connectivity index (χ2v) is 7.09. The Morgan fingerprint density at radius 1 is 1.24 bits per heavy atom. The largest absolute Gasteiger partial charge is 0.344 e. The highest BCUT2D eigenvalue weighted by molar-refractivity contribution is 5.90. The van der Waals surface area contributed by atoms with Crippen LogP contribution < -0.4 is 5.32 Å². The van der Waals surface area contributed by atoms with Crippen molar-refractivity contribution in [1.82, 2.24) is 20.0 Å². The fourth-order valence-corrected chi connectivity index (χ4v) is 3.63. The molecule has 2 aromatic rings. The first kappa shape index (κ1) is 15.9. The maximum atomic E-state index is 12.6. The Hall–Kier alpha value is -2.63. The quantitative estimate of drug-likeness (QED) is 0.920. The highest BCUT2D eigenvalue weighted by Gasteiger charge is 2.45. The molecule has 0 unspecified atom stereocenters. The maximum absolute atomic E-state index is 12.6. The van der Waals surface area contributed by atoms with Crippen molar-refractivity contribution in [2.45, 2.75) is 38.4 Å². The van der Waals surface area contributed by atoms with Crippen LogP contribution in [0.3, 0.4) is 0 Å². The summed E-state index contributed by atoms with van der Waals surface area (Å²) in [5.41, 5.74) is 3.47. The van der Waals surface area contributed by atoms with E-state index in [9.17, 15) is 9.59 Å². The number of amides is 2. The van der Waals surface area contributed by atoms with Crippen molar-refractivity contribution in [2.24, 2.45) is 13.0 Å². The van der Waals surface area contributed by atoms with Gasteiger partial charge in [0.25, 0.3) is 0 Å². The molecule has 6 nitrogen and oxygen atoms in total. The summed E-state index contributed by atoms with van der Waals surface area (Å²) in [6.07, 6.45) is 4.59. The Morgan fingerprint density at radius 3 is 2.52 bits per heavy atom. The topological polar surface area (TPSA) is 67.2 Å². The minimum atomic E-state index is -0.503. The molecule has 1 saturated carbocycles. The second kappa shape index (κ2) is 6.02. The SMILES string of the molecule is C[C@H](NC(=O)[C@@H]1C[C@H]1c1cnn(C)c1)C(=O)N1Cc2ccccc2C1. The van der Waals surface area contributed by atoms with Gasteiger partial charge in [-0.2, -0.15) is 5.10 Å². The lowest BCUT2D eigenvalue weighted by Gasteiger charge is -2.21. The third kappa shape index (κ3) is 3.04. The van der Waals surface area contributed by atoms with Gasteiger partial charge in [0.15, 0.2) is 0 Å². The van der Waals surface area contributed by atoms with Crippen molar-refractivity contribution in [3.05, 3.63) is 53.3 Å². The molecule has 1 N–H and O–H groups in total. The third-order valence-corrected chi connectivity index (χ3v) is 5.16. The lowest BCUT2D eigenvalue weighted by Crippen LogP contribution is -2.45. The molecule has 1 aliphatic carbocycles. The van der Waals surface area contributed by atoms with E-state index in [2.05, 4.69) is 22.5 Å². The summed E-state index contributed by atoms with van der Waals surface area (Å²) >= 11 is 0. The van der Waals surface area contributed by atoms with Gasteiger partial charge >= 0.3 is 0 Å². The normalized spacial score (nSPS) is 22.4. The molecule has 0 radical (unpaired) electrons. The van der Waals surface area contributed by atoms with E-state index in [1.807, 2.05) is 31.6 Å². The molecule has 4 rings (SSSR count). The van der Waals surface area contributed by atoms with E-state index in [1.54, 1.807) is 16.5 Å². The molecule has 2 amide bonds. The van der Waals surface area contributed by atoms with Crippen molar-refractivity contribution in [1.29, 1.82) is 0 Å². The molecule has 1 aliphatic heterocycles. The number of carbonyl (C=O) groups excluding carboxylic acids is 2. The predicted octanol–water partition coefficient (Wildman–Crippen LogP) is 1.57. The van der Waals surface area contributed by atoms with Crippen molar-refractivity contribution < 1.29 is 9.59 Å². The van der Waals surface area contributed by atoms with Crippen molar-refractivity contribution in [3.63, 3.8) is 0 Å². The first-order chi connectivity index (χ1) is 12.0. The highest BCUT2D eigenvalue weighted by Crippen LogP contribution is 2.47. The number of hydrogen-bond acceptors (Lipinski definition) is 3. The summed E-state index contributed by atoms with van der Waals surface area (Å²) in [6.45, 7) is 3.01. The minimum absolute atomic E-state index is 0.0249. The average molecular weight is 338 g/mol. The molecule has 1 fully saturated rings. The van der Waals surface area contributed by atoms with Gasteiger partial charge in [-0.25, -0.2) is 0 Å². The summed E-state index contributed by atoms with van der Waals surface area (Å²) < 4.78 is 1.75. The number of benzene rings is 1. The van der Waals surface area contributed by atoms with Gasteiger partial charge in [-0.3, -0.25) is 14.3 Å². The summed E-state index contributed by atoms with van der Waals surface area (Å²) in [6, 6.07) is 7.58. The summed E-state index contributed by atoms with van der Waals surface area (Å²) in [5, 5.41) is 7.05. The van der Waals surface area contributed by atoms with E-state index in [0.29, 0.717) is 13.1 Å². The van der Waals surface area contributed by atoms with Crippen molar-refractivity contribution >= 4 is 11.8 Å². The minimum Gasteiger partial charge on any atom is -0.344 e. The number of nitrogens with zero attached hydrogens (tertiary/aromatic N) is 3.